The van der Waals surface area contributed by atoms with Gasteiger partial charge in [-0.15, -0.1) is 10.2 Å². The topological polar surface area (TPSA) is 60.2 Å². The predicted octanol–water partition coefficient (Wildman–Crippen LogP) is 2.11. The molecule has 1 saturated heterocycles. The van der Waals surface area contributed by atoms with E-state index in [-0.39, 0.29) is 11.6 Å². The molecule has 0 saturated carbocycles. The summed E-state index contributed by atoms with van der Waals surface area (Å²) in [6, 6.07) is 0. The number of hydrogen-bond donors (Lipinski definition) is 1. The van der Waals surface area contributed by atoms with Crippen LogP contribution in [0.5, 0.6) is 0 Å². The van der Waals surface area contributed by atoms with Crippen LogP contribution < -0.4 is 5.32 Å². The lowest BCUT2D eigenvalue weighted by Crippen LogP contribution is -2.36. The lowest BCUT2D eigenvalue weighted by molar-refractivity contribution is 0.105. The maximum Gasteiger partial charge on any atom is 0.219 e. The van der Waals surface area contributed by atoms with E-state index in [9.17, 15) is 0 Å². The Kier molecular flexibility index (Phi) is 4.93. The standard InChI is InChI=1S/C14H25N3O2/c1-14(2,3)15-8-4-7-12-16-17-13(19-12)10-11-6-5-9-18-11/h11,15H,4-10H2,1-3H3. The van der Waals surface area contributed by atoms with Gasteiger partial charge in [-0.25, -0.2) is 0 Å². The summed E-state index contributed by atoms with van der Waals surface area (Å²) in [5, 5.41) is 11.6. The van der Waals surface area contributed by atoms with Crippen molar-refractivity contribution >= 4 is 0 Å². The van der Waals surface area contributed by atoms with Crippen molar-refractivity contribution < 1.29 is 9.15 Å². The van der Waals surface area contributed by atoms with Crippen molar-refractivity contribution in [3.8, 4) is 0 Å². The molecule has 1 atom stereocenters. The first kappa shape index (κ1) is 14.5. The Hall–Kier alpha value is -0.940. The van der Waals surface area contributed by atoms with Gasteiger partial charge in [-0.05, 0) is 46.6 Å². The molecule has 5 nitrogen and oxygen atoms in total. The second-order valence-corrected chi connectivity index (χ2v) is 6.21. The van der Waals surface area contributed by atoms with Crippen molar-refractivity contribution in [1.82, 2.24) is 15.5 Å². The molecule has 0 amide bonds. The Bertz CT molecular complexity index is 378. The summed E-state index contributed by atoms with van der Waals surface area (Å²) in [4.78, 5) is 0. The smallest absolute Gasteiger partial charge is 0.219 e. The molecular formula is C14H25N3O2. The summed E-state index contributed by atoms with van der Waals surface area (Å²) in [6.45, 7) is 8.33. The molecular weight excluding hydrogens is 242 g/mol. The summed E-state index contributed by atoms with van der Waals surface area (Å²) >= 11 is 0. The zero-order valence-electron chi connectivity index (χ0n) is 12.2. The monoisotopic (exact) mass is 267 g/mol. The van der Waals surface area contributed by atoms with Crippen molar-refractivity contribution in [2.75, 3.05) is 13.2 Å². The first-order chi connectivity index (χ1) is 9.03. The summed E-state index contributed by atoms with van der Waals surface area (Å²) < 4.78 is 11.2. The molecule has 5 heteroatoms. The number of hydrogen-bond acceptors (Lipinski definition) is 5. The largest absolute Gasteiger partial charge is 0.425 e. The van der Waals surface area contributed by atoms with Gasteiger partial charge in [0.25, 0.3) is 0 Å². The van der Waals surface area contributed by atoms with Gasteiger partial charge in [0.05, 0.1) is 12.5 Å². The Balaban J connectivity index is 1.68. The van der Waals surface area contributed by atoms with Crippen LogP contribution in [0, 0.1) is 0 Å². The highest BCUT2D eigenvalue weighted by Gasteiger charge is 2.19. The van der Waals surface area contributed by atoms with Gasteiger partial charge in [-0.3, -0.25) is 0 Å². The van der Waals surface area contributed by atoms with Crippen LogP contribution in [0.2, 0.25) is 0 Å². The quantitative estimate of drug-likeness (QED) is 0.800. The Morgan fingerprint density at radius 3 is 2.74 bits per heavy atom. The summed E-state index contributed by atoms with van der Waals surface area (Å²) in [7, 11) is 0. The zero-order chi connectivity index (χ0) is 13.7. The Labute approximate surface area is 115 Å². The second-order valence-electron chi connectivity index (χ2n) is 6.21. The van der Waals surface area contributed by atoms with Gasteiger partial charge in [0.15, 0.2) is 0 Å². The molecule has 19 heavy (non-hydrogen) atoms. The molecule has 0 aliphatic carbocycles. The first-order valence-corrected chi connectivity index (χ1v) is 7.21. The van der Waals surface area contributed by atoms with E-state index < -0.39 is 0 Å². The molecule has 1 unspecified atom stereocenters. The van der Waals surface area contributed by atoms with E-state index in [0.29, 0.717) is 5.89 Å². The van der Waals surface area contributed by atoms with Crippen LogP contribution in [-0.2, 0) is 17.6 Å². The van der Waals surface area contributed by atoms with E-state index in [0.717, 1.165) is 51.1 Å². The number of aromatic nitrogens is 2. The number of aryl methyl sites for hydroxylation is 1. The molecule has 0 bridgehead atoms. The summed E-state index contributed by atoms with van der Waals surface area (Å²) in [5.41, 5.74) is 0.166. The summed E-state index contributed by atoms with van der Waals surface area (Å²) in [6.07, 6.45) is 5.13. The first-order valence-electron chi connectivity index (χ1n) is 7.21. The van der Waals surface area contributed by atoms with Gasteiger partial charge in [-0.1, -0.05) is 0 Å². The van der Waals surface area contributed by atoms with Crippen molar-refractivity contribution in [3.05, 3.63) is 11.8 Å². The van der Waals surface area contributed by atoms with Crippen molar-refractivity contribution in [2.45, 2.75) is 64.5 Å². The number of nitrogens with zero attached hydrogens (tertiary/aromatic N) is 2. The normalized spacial score (nSPS) is 20.1. The second kappa shape index (κ2) is 6.48. The molecule has 1 aliphatic heterocycles. The fraction of sp³-hybridized carbons (Fsp3) is 0.857. The van der Waals surface area contributed by atoms with Crippen LogP contribution in [-0.4, -0.2) is 35.0 Å². The molecule has 1 aliphatic rings. The van der Waals surface area contributed by atoms with Crippen LogP contribution in [0.1, 0.15) is 51.8 Å². The van der Waals surface area contributed by atoms with E-state index >= 15 is 0 Å². The molecule has 2 heterocycles. The van der Waals surface area contributed by atoms with Crippen LogP contribution in [0.15, 0.2) is 4.42 Å². The van der Waals surface area contributed by atoms with Crippen LogP contribution in [0.3, 0.4) is 0 Å². The van der Waals surface area contributed by atoms with E-state index in [1.54, 1.807) is 0 Å². The Morgan fingerprint density at radius 1 is 1.26 bits per heavy atom. The van der Waals surface area contributed by atoms with Crippen molar-refractivity contribution in [3.63, 3.8) is 0 Å². The molecule has 1 N–H and O–H groups in total. The maximum absolute atomic E-state index is 5.65. The molecule has 1 aromatic heterocycles. The zero-order valence-corrected chi connectivity index (χ0v) is 12.2. The summed E-state index contributed by atoms with van der Waals surface area (Å²) in [5.74, 6) is 1.45. The maximum atomic E-state index is 5.65. The third-order valence-corrected chi connectivity index (χ3v) is 3.16. The highest BCUT2D eigenvalue weighted by atomic mass is 16.5. The molecule has 0 radical (unpaired) electrons. The third kappa shape index (κ3) is 5.28. The van der Waals surface area contributed by atoms with Gasteiger partial charge in [0.2, 0.25) is 11.8 Å². The molecule has 2 rings (SSSR count). The highest BCUT2D eigenvalue weighted by molar-refractivity contribution is 4.86. The molecule has 1 aromatic rings. The van der Waals surface area contributed by atoms with Crippen molar-refractivity contribution in [1.29, 1.82) is 0 Å². The lowest BCUT2D eigenvalue weighted by Gasteiger charge is -2.19. The van der Waals surface area contributed by atoms with Gasteiger partial charge < -0.3 is 14.5 Å². The van der Waals surface area contributed by atoms with E-state index in [4.69, 9.17) is 9.15 Å². The van der Waals surface area contributed by atoms with Gasteiger partial charge in [0, 0.05) is 18.6 Å². The number of rotatable bonds is 6. The third-order valence-electron chi connectivity index (χ3n) is 3.16. The van der Waals surface area contributed by atoms with Gasteiger partial charge in [-0.2, -0.15) is 0 Å². The average molecular weight is 267 g/mol. The van der Waals surface area contributed by atoms with Crippen LogP contribution in [0.4, 0.5) is 0 Å². The number of ether oxygens (including phenoxy) is 1. The molecule has 1 fully saturated rings. The fourth-order valence-electron chi connectivity index (χ4n) is 2.17. The predicted molar refractivity (Wildman–Crippen MR) is 73.1 cm³/mol. The Morgan fingerprint density at radius 2 is 2.05 bits per heavy atom. The van der Waals surface area contributed by atoms with E-state index in [1.807, 2.05) is 0 Å². The molecule has 108 valence electrons. The minimum atomic E-state index is 0.166. The minimum absolute atomic E-state index is 0.166. The van der Waals surface area contributed by atoms with E-state index in [2.05, 4.69) is 36.3 Å². The van der Waals surface area contributed by atoms with Gasteiger partial charge in [0.1, 0.15) is 0 Å². The van der Waals surface area contributed by atoms with Crippen molar-refractivity contribution in [2.24, 2.45) is 0 Å². The number of nitrogens with one attached hydrogen (secondary N) is 1. The van der Waals surface area contributed by atoms with E-state index in [1.165, 1.54) is 0 Å². The lowest BCUT2D eigenvalue weighted by atomic mass is 10.1. The van der Waals surface area contributed by atoms with Crippen LogP contribution >= 0.6 is 0 Å². The average Bonchev–Trinajstić information content (AvgIpc) is 2.96. The molecule has 0 spiro atoms. The van der Waals surface area contributed by atoms with Crippen LogP contribution in [0.25, 0.3) is 0 Å². The SMILES string of the molecule is CC(C)(C)NCCCc1nnc(CC2CCCO2)o1. The highest BCUT2D eigenvalue weighted by Crippen LogP contribution is 2.16. The minimum Gasteiger partial charge on any atom is -0.425 e. The fourth-order valence-corrected chi connectivity index (χ4v) is 2.17. The molecule has 0 aromatic carbocycles. The van der Waals surface area contributed by atoms with Gasteiger partial charge >= 0.3 is 0 Å².